The first-order valence-corrected chi connectivity index (χ1v) is 6.53. The minimum absolute atomic E-state index is 0.411. The van der Waals surface area contributed by atoms with Gasteiger partial charge in [-0.25, -0.2) is 9.67 Å². The predicted molar refractivity (Wildman–Crippen MR) is 72.7 cm³/mol. The highest BCUT2D eigenvalue weighted by Crippen LogP contribution is 2.19. The van der Waals surface area contributed by atoms with E-state index in [2.05, 4.69) is 47.4 Å². The van der Waals surface area contributed by atoms with Crippen molar-refractivity contribution in [2.24, 2.45) is 0 Å². The van der Waals surface area contributed by atoms with Crippen molar-refractivity contribution in [1.82, 2.24) is 20.1 Å². The van der Waals surface area contributed by atoms with Gasteiger partial charge in [-0.2, -0.15) is 5.10 Å². The molecule has 96 valence electrons. The molecule has 4 nitrogen and oxygen atoms in total. The normalized spacial score (nSPS) is 12.6. The fourth-order valence-corrected chi connectivity index (χ4v) is 2.04. The molecule has 1 aromatic heterocycles. The zero-order valence-corrected chi connectivity index (χ0v) is 11.0. The molecule has 0 radical (unpaired) electrons. The number of aromatic nitrogens is 3. The monoisotopic (exact) mass is 244 g/mol. The molecule has 0 amide bonds. The lowest BCUT2D eigenvalue weighted by Crippen LogP contribution is -2.21. The Balaban J connectivity index is 2.20. The Bertz CT molecular complexity index is 464. The van der Waals surface area contributed by atoms with Crippen molar-refractivity contribution in [3.05, 3.63) is 42.5 Å². The topological polar surface area (TPSA) is 42.7 Å². The van der Waals surface area contributed by atoms with Crippen LogP contribution in [0.25, 0.3) is 5.69 Å². The maximum absolute atomic E-state index is 4.16. The number of nitrogens with one attached hydrogen (secondary N) is 1. The van der Waals surface area contributed by atoms with Crippen LogP contribution in [0.2, 0.25) is 0 Å². The van der Waals surface area contributed by atoms with Gasteiger partial charge >= 0.3 is 0 Å². The smallest absolute Gasteiger partial charge is 0.138 e. The number of nitrogens with zero attached hydrogens (tertiary/aromatic N) is 3. The van der Waals surface area contributed by atoms with Gasteiger partial charge in [0.1, 0.15) is 12.7 Å². The van der Waals surface area contributed by atoms with E-state index in [0.29, 0.717) is 6.04 Å². The van der Waals surface area contributed by atoms with Crippen LogP contribution in [0.4, 0.5) is 0 Å². The third-order valence-electron chi connectivity index (χ3n) is 3.00. The lowest BCUT2D eigenvalue weighted by atomic mass is 10.0. The summed E-state index contributed by atoms with van der Waals surface area (Å²) in [5.74, 6) is 0. The second-order valence-electron chi connectivity index (χ2n) is 4.35. The Kier molecular flexibility index (Phi) is 4.47. The van der Waals surface area contributed by atoms with Crippen molar-refractivity contribution in [2.75, 3.05) is 6.54 Å². The first kappa shape index (κ1) is 12.8. The van der Waals surface area contributed by atoms with Crippen LogP contribution in [0.15, 0.2) is 36.9 Å². The maximum Gasteiger partial charge on any atom is 0.138 e. The largest absolute Gasteiger partial charge is 0.310 e. The van der Waals surface area contributed by atoms with E-state index in [9.17, 15) is 0 Å². The van der Waals surface area contributed by atoms with E-state index in [4.69, 9.17) is 0 Å². The Labute approximate surface area is 108 Å². The summed E-state index contributed by atoms with van der Waals surface area (Å²) in [5.41, 5.74) is 2.36. The molecule has 0 aliphatic rings. The number of hydrogen-bond donors (Lipinski definition) is 1. The van der Waals surface area contributed by atoms with E-state index in [1.165, 1.54) is 5.56 Å². The van der Waals surface area contributed by atoms with Crippen LogP contribution < -0.4 is 5.32 Å². The van der Waals surface area contributed by atoms with Crippen molar-refractivity contribution < 1.29 is 0 Å². The van der Waals surface area contributed by atoms with Crippen LogP contribution in [0.5, 0.6) is 0 Å². The Morgan fingerprint density at radius 3 is 2.89 bits per heavy atom. The number of hydrogen-bond acceptors (Lipinski definition) is 3. The second kappa shape index (κ2) is 6.31. The Hall–Kier alpha value is -1.68. The van der Waals surface area contributed by atoms with Crippen molar-refractivity contribution in [3.63, 3.8) is 0 Å². The summed E-state index contributed by atoms with van der Waals surface area (Å²) in [6.45, 7) is 5.44. The zero-order valence-electron chi connectivity index (χ0n) is 11.0. The molecule has 1 atom stereocenters. The van der Waals surface area contributed by atoms with Gasteiger partial charge in [-0.3, -0.25) is 0 Å². The van der Waals surface area contributed by atoms with E-state index >= 15 is 0 Å². The van der Waals surface area contributed by atoms with Gasteiger partial charge in [-0.05, 0) is 37.1 Å². The summed E-state index contributed by atoms with van der Waals surface area (Å²) in [4.78, 5) is 3.98. The number of rotatable bonds is 6. The van der Waals surface area contributed by atoms with Gasteiger partial charge in [0.2, 0.25) is 0 Å². The van der Waals surface area contributed by atoms with Crippen molar-refractivity contribution in [2.45, 2.75) is 32.7 Å². The lowest BCUT2D eigenvalue weighted by molar-refractivity contribution is 0.518. The van der Waals surface area contributed by atoms with Gasteiger partial charge in [0, 0.05) is 6.04 Å². The highest BCUT2D eigenvalue weighted by atomic mass is 15.3. The van der Waals surface area contributed by atoms with E-state index in [1.54, 1.807) is 17.3 Å². The van der Waals surface area contributed by atoms with Gasteiger partial charge in [0.15, 0.2) is 0 Å². The molecule has 1 N–H and O–H groups in total. The molecule has 0 bridgehead atoms. The molecule has 2 aromatic rings. The molecular formula is C14H20N4. The fraction of sp³-hybridized carbons (Fsp3) is 0.429. The quantitative estimate of drug-likeness (QED) is 0.849. The highest BCUT2D eigenvalue weighted by molar-refractivity contribution is 5.36. The molecular weight excluding hydrogens is 224 g/mol. The third-order valence-corrected chi connectivity index (χ3v) is 3.00. The van der Waals surface area contributed by atoms with Gasteiger partial charge in [-0.1, -0.05) is 26.0 Å². The minimum Gasteiger partial charge on any atom is -0.310 e. The maximum atomic E-state index is 4.16. The standard InChI is InChI=1S/C14H20N4/c1-3-8-16-14(4-2)12-6-5-7-13(9-12)18-11-15-10-17-18/h5-7,9-11,14,16H,3-4,8H2,1-2H3. The second-order valence-corrected chi connectivity index (χ2v) is 4.35. The molecule has 1 aromatic carbocycles. The fourth-order valence-electron chi connectivity index (χ4n) is 2.04. The van der Waals surface area contributed by atoms with Crippen LogP contribution in [0, 0.1) is 0 Å². The first-order chi connectivity index (χ1) is 8.85. The van der Waals surface area contributed by atoms with Crippen LogP contribution >= 0.6 is 0 Å². The van der Waals surface area contributed by atoms with Crippen LogP contribution in [-0.4, -0.2) is 21.3 Å². The molecule has 0 aliphatic heterocycles. The van der Waals surface area contributed by atoms with Crippen molar-refractivity contribution in [3.8, 4) is 5.69 Å². The van der Waals surface area contributed by atoms with E-state index in [0.717, 1.165) is 25.1 Å². The van der Waals surface area contributed by atoms with Gasteiger partial charge in [0.25, 0.3) is 0 Å². The predicted octanol–water partition coefficient (Wildman–Crippen LogP) is 2.72. The molecule has 0 saturated carbocycles. The average molecular weight is 244 g/mol. The number of benzene rings is 1. The lowest BCUT2D eigenvalue weighted by Gasteiger charge is -2.17. The summed E-state index contributed by atoms with van der Waals surface area (Å²) in [6.07, 6.45) is 5.51. The first-order valence-electron chi connectivity index (χ1n) is 6.53. The molecule has 18 heavy (non-hydrogen) atoms. The van der Waals surface area contributed by atoms with Gasteiger partial charge in [-0.15, -0.1) is 0 Å². The molecule has 0 fully saturated rings. The van der Waals surface area contributed by atoms with Crippen LogP contribution in [-0.2, 0) is 0 Å². The molecule has 0 spiro atoms. The van der Waals surface area contributed by atoms with E-state index in [1.807, 2.05) is 6.07 Å². The molecule has 0 saturated heterocycles. The molecule has 1 heterocycles. The molecule has 0 aliphatic carbocycles. The van der Waals surface area contributed by atoms with Gasteiger partial charge < -0.3 is 5.32 Å². The summed E-state index contributed by atoms with van der Waals surface area (Å²) < 4.78 is 1.79. The van der Waals surface area contributed by atoms with Crippen LogP contribution in [0.1, 0.15) is 38.3 Å². The Morgan fingerprint density at radius 1 is 1.33 bits per heavy atom. The molecule has 2 rings (SSSR count). The SMILES string of the molecule is CCCNC(CC)c1cccc(-n2cncn2)c1. The Morgan fingerprint density at radius 2 is 2.22 bits per heavy atom. The molecule has 1 unspecified atom stereocenters. The van der Waals surface area contributed by atoms with E-state index in [-0.39, 0.29) is 0 Å². The molecule has 4 heteroatoms. The van der Waals surface area contributed by atoms with Crippen LogP contribution in [0.3, 0.4) is 0 Å². The summed E-state index contributed by atoms with van der Waals surface area (Å²) in [7, 11) is 0. The average Bonchev–Trinajstić information content (AvgIpc) is 2.94. The van der Waals surface area contributed by atoms with E-state index < -0.39 is 0 Å². The summed E-state index contributed by atoms with van der Waals surface area (Å²) in [5, 5.41) is 7.72. The summed E-state index contributed by atoms with van der Waals surface area (Å²) >= 11 is 0. The highest BCUT2D eigenvalue weighted by Gasteiger charge is 2.09. The zero-order chi connectivity index (χ0) is 12.8. The summed E-state index contributed by atoms with van der Waals surface area (Å²) in [6, 6.07) is 8.87. The van der Waals surface area contributed by atoms with Crippen molar-refractivity contribution in [1.29, 1.82) is 0 Å². The minimum atomic E-state index is 0.411. The van der Waals surface area contributed by atoms with Gasteiger partial charge in [0.05, 0.1) is 5.69 Å². The van der Waals surface area contributed by atoms with Crippen molar-refractivity contribution >= 4 is 0 Å². The third kappa shape index (κ3) is 2.96.